The van der Waals surface area contributed by atoms with Crippen LogP contribution >= 0.6 is 0 Å². The Hall–Kier alpha value is -1.10. The van der Waals surface area contributed by atoms with Crippen molar-refractivity contribution in [2.45, 2.75) is 56.8 Å². The number of rotatable bonds is 2. The molecule has 0 aromatic heterocycles. The predicted molar refractivity (Wildman–Crippen MR) is 72.4 cm³/mol. The van der Waals surface area contributed by atoms with E-state index in [1.165, 1.54) is 12.1 Å². The molecule has 2 aliphatic carbocycles. The van der Waals surface area contributed by atoms with Gasteiger partial charge in [0.05, 0.1) is 5.92 Å². The number of nitrogens with one attached hydrogen (secondary N) is 1. The molecule has 3 unspecified atom stereocenters. The van der Waals surface area contributed by atoms with Crippen molar-refractivity contribution in [2.75, 3.05) is 0 Å². The van der Waals surface area contributed by atoms with Crippen LogP contribution in [0.5, 0.6) is 0 Å². The molecule has 0 radical (unpaired) electrons. The van der Waals surface area contributed by atoms with Gasteiger partial charge in [0.25, 0.3) is 0 Å². The standard InChI is InChI=1S/C16H19F4N/c17-11-6-7-12-10(9-11)5-8-14(12)21-15-4-2-1-3-13(15)16(18,19)20/h6-7,9,13-15,21H,1-5,8H2. The van der Waals surface area contributed by atoms with Gasteiger partial charge in [0.2, 0.25) is 0 Å². The van der Waals surface area contributed by atoms with E-state index in [9.17, 15) is 17.6 Å². The first-order chi connectivity index (χ1) is 9.95. The second-order valence-corrected chi connectivity index (χ2v) is 6.14. The van der Waals surface area contributed by atoms with Gasteiger partial charge < -0.3 is 5.32 Å². The summed E-state index contributed by atoms with van der Waals surface area (Å²) in [4.78, 5) is 0. The Labute approximate surface area is 121 Å². The zero-order valence-electron chi connectivity index (χ0n) is 11.7. The highest BCUT2D eigenvalue weighted by molar-refractivity contribution is 5.35. The zero-order valence-corrected chi connectivity index (χ0v) is 11.7. The minimum Gasteiger partial charge on any atom is -0.307 e. The molecule has 1 nitrogen and oxygen atoms in total. The summed E-state index contributed by atoms with van der Waals surface area (Å²) in [6, 6.07) is 4.01. The molecule has 0 bridgehead atoms. The van der Waals surface area contributed by atoms with E-state index < -0.39 is 18.1 Å². The Bertz CT molecular complexity index is 511. The monoisotopic (exact) mass is 301 g/mol. The molecular formula is C16H19F4N. The lowest BCUT2D eigenvalue weighted by Gasteiger charge is -2.35. The second kappa shape index (κ2) is 5.59. The van der Waals surface area contributed by atoms with Gasteiger partial charge in [0, 0.05) is 12.1 Å². The maximum atomic E-state index is 13.2. The lowest BCUT2D eigenvalue weighted by atomic mass is 9.83. The van der Waals surface area contributed by atoms with Crippen LogP contribution in [0.25, 0.3) is 0 Å². The van der Waals surface area contributed by atoms with E-state index in [0.717, 1.165) is 30.4 Å². The Morgan fingerprint density at radius 3 is 2.57 bits per heavy atom. The average molecular weight is 301 g/mol. The first kappa shape index (κ1) is 14.8. The van der Waals surface area contributed by atoms with Gasteiger partial charge in [-0.05, 0) is 48.9 Å². The normalized spacial score (nSPS) is 29.4. The van der Waals surface area contributed by atoms with E-state index >= 15 is 0 Å². The highest BCUT2D eigenvalue weighted by atomic mass is 19.4. The Kier molecular flexibility index (Phi) is 3.95. The first-order valence-corrected chi connectivity index (χ1v) is 7.56. The van der Waals surface area contributed by atoms with Crippen LogP contribution < -0.4 is 5.32 Å². The molecule has 116 valence electrons. The summed E-state index contributed by atoms with van der Waals surface area (Å²) in [5, 5.41) is 3.21. The van der Waals surface area contributed by atoms with E-state index in [0.29, 0.717) is 12.8 Å². The third kappa shape index (κ3) is 3.07. The topological polar surface area (TPSA) is 12.0 Å². The number of halogens is 4. The summed E-state index contributed by atoms with van der Waals surface area (Å²) in [7, 11) is 0. The van der Waals surface area contributed by atoms with Crippen LogP contribution in [0.1, 0.15) is 49.3 Å². The maximum absolute atomic E-state index is 13.2. The van der Waals surface area contributed by atoms with Crippen LogP contribution in [0, 0.1) is 11.7 Å². The fraction of sp³-hybridized carbons (Fsp3) is 0.625. The minimum atomic E-state index is -4.14. The molecule has 2 aliphatic rings. The molecule has 21 heavy (non-hydrogen) atoms. The summed E-state index contributed by atoms with van der Waals surface area (Å²) in [6.45, 7) is 0. The van der Waals surface area contributed by atoms with Crippen molar-refractivity contribution >= 4 is 0 Å². The fourth-order valence-corrected chi connectivity index (χ4v) is 3.74. The van der Waals surface area contributed by atoms with Gasteiger partial charge in [-0.2, -0.15) is 13.2 Å². The second-order valence-electron chi connectivity index (χ2n) is 6.14. The van der Waals surface area contributed by atoms with Crippen LogP contribution in [0.4, 0.5) is 17.6 Å². The van der Waals surface area contributed by atoms with Gasteiger partial charge in [0.1, 0.15) is 5.82 Å². The summed E-state index contributed by atoms with van der Waals surface area (Å²) in [6.07, 6.45) is -0.389. The maximum Gasteiger partial charge on any atom is 0.393 e. The largest absolute Gasteiger partial charge is 0.393 e. The zero-order chi connectivity index (χ0) is 15.0. The summed E-state index contributed by atoms with van der Waals surface area (Å²) >= 11 is 0. The molecule has 0 amide bonds. The summed E-state index contributed by atoms with van der Waals surface area (Å²) in [5.41, 5.74) is 1.88. The van der Waals surface area contributed by atoms with Crippen molar-refractivity contribution in [3.8, 4) is 0 Å². The molecule has 0 heterocycles. The van der Waals surface area contributed by atoms with Crippen molar-refractivity contribution in [1.29, 1.82) is 0 Å². The molecule has 1 saturated carbocycles. The quantitative estimate of drug-likeness (QED) is 0.792. The van der Waals surface area contributed by atoms with Crippen molar-refractivity contribution in [1.82, 2.24) is 5.32 Å². The van der Waals surface area contributed by atoms with E-state index in [-0.39, 0.29) is 18.3 Å². The molecule has 1 aromatic carbocycles. The molecule has 1 fully saturated rings. The number of fused-ring (bicyclic) bond motifs is 1. The van der Waals surface area contributed by atoms with E-state index in [1.54, 1.807) is 6.07 Å². The van der Waals surface area contributed by atoms with Gasteiger partial charge >= 0.3 is 6.18 Å². The highest BCUT2D eigenvalue weighted by Gasteiger charge is 2.46. The summed E-state index contributed by atoms with van der Waals surface area (Å²) < 4.78 is 52.6. The SMILES string of the molecule is Fc1ccc2c(c1)CCC2NC1CCCCC1C(F)(F)F. The van der Waals surface area contributed by atoms with Crippen molar-refractivity contribution < 1.29 is 17.6 Å². The highest BCUT2D eigenvalue weighted by Crippen LogP contribution is 2.40. The van der Waals surface area contributed by atoms with E-state index in [2.05, 4.69) is 5.32 Å². The van der Waals surface area contributed by atoms with Gasteiger partial charge in [-0.15, -0.1) is 0 Å². The lowest BCUT2D eigenvalue weighted by molar-refractivity contribution is -0.189. The van der Waals surface area contributed by atoms with Crippen LogP contribution in [-0.2, 0) is 6.42 Å². The van der Waals surface area contributed by atoms with Crippen LogP contribution in [-0.4, -0.2) is 12.2 Å². The van der Waals surface area contributed by atoms with E-state index in [1.807, 2.05) is 0 Å². The average Bonchev–Trinajstić information content (AvgIpc) is 2.80. The molecule has 0 aliphatic heterocycles. The van der Waals surface area contributed by atoms with Crippen LogP contribution in [0.3, 0.4) is 0 Å². The van der Waals surface area contributed by atoms with Crippen LogP contribution in [0.15, 0.2) is 18.2 Å². The van der Waals surface area contributed by atoms with E-state index in [4.69, 9.17) is 0 Å². The Morgan fingerprint density at radius 1 is 1.05 bits per heavy atom. The van der Waals surface area contributed by atoms with Crippen molar-refractivity contribution in [3.63, 3.8) is 0 Å². The minimum absolute atomic E-state index is 0.0754. The van der Waals surface area contributed by atoms with Crippen LogP contribution in [0.2, 0.25) is 0 Å². The molecule has 1 aromatic rings. The molecule has 0 spiro atoms. The fourth-order valence-electron chi connectivity index (χ4n) is 3.74. The number of hydrogen-bond acceptors (Lipinski definition) is 1. The Morgan fingerprint density at radius 2 is 1.81 bits per heavy atom. The first-order valence-electron chi connectivity index (χ1n) is 7.56. The van der Waals surface area contributed by atoms with Gasteiger partial charge in [-0.3, -0.25) is 0 Å². The number of alkyl halides is 3. The molecule has 3 rings (SSSR count). The third-order valence-corrected chi connectivity index (χ3v) is 4.78. The number of aryl methyl sites for hydroxylation is 1. The van der Waals surface area contributed by atoms with Crippen molar-refractivity contribution in [3.05, 3.63) is 35.1 Å². The van der Waals surface area contributed by atoms with Gasteiger partial charge in [-0.1, -0.05) is 18.9 Å². The van der Waals surface area contributed by atoms with Gasteiger partial charge in [0.15, 0.2) is 0 Å². The molecule has 5 heteroatoms. The lowest BCUT2D eigenvalue weighted by Crippen LogP contribution is -2.46. The number of hydrogen-bond donors (Lipinski definition) is 1. The third-order valence-electron chi connectivity index (χ3n) is 4.78. The number of benzene rings is 1. The molecule has 0 saturated heterocycles. The molecule has 1 N–H and O–H groups in total. The Balaban J connectivity index is 1.75. The smallest absolute Gasteiger partial charge is 0.307 e. The molecule has 3 atom stereocenters. The van der Waals surface area contributed by atoms with Crippen molar-refractivity contribution in [2.24, 2.45) is 5.92 Å². The predicted octanol–water partition coefficient (Wildman–Crippen LogP) is 4.52. The summed E-state index contributed by atoms with van der Waals surface area (Å²) in [5.74, 6) is -1.53. The van der Waals surface area contributed by atoms with Gasteiger partial charge in [-0.25, -0.2) is 4.39 Å². The molecular weight excluding hydrogens is 282 g/mol.